The van der Waals surface area contributed by atoms with Gasteiger partial charge in [0.05, 0.1) is 11.8 Å². The highest BCUT2D eigenvalue weighted by Crippen LogP contribution is 2.27. The molecular formula is C21H29ClN6O2S. The summed E-state index contributed by atoms with van der Waals surface area (Å²) in [5, 5.41) is 13.2. The van der Waals surface area contributed by atoms with Crippen molar-refractivity contribution in [2.75, 3.05) is 32.9 Å². The van der Waals surface area contributed by atoms with Gasteiger partial charge in [-0.3, -0.25) is 19.1 Å². The second kappa shape index (κ2) is 10.5. The van der Waals surface area contributed by atoms with Gasteiger partial charge in [0.2, 0.25) is 11.8 Å². The minimum absolute atomic E-state index is 0.0396. The van der Waals surface area contributed by atoms with Crippen LogP contribution in [-0.4, -0.2) is 75.4 Å². The number of thioether (sulfide) groups is 1. The molecule has 31 heavy (non-hydrogen) atoms. The van der Waals surface area contributed by atoms with Crippen LogP contribution in [0.4, 0.5) is 0 Å². The Morgan fingerprint density at radius 1 is 1.23 bits per heavy atom. The molecule has 1 aromatic carbocycles. The Balaban J connectivity index is 1.68. The zero-order valence-electron chi connectivity index (χ0n) is 18.3. The lowest BCUT2D eigenvalue weighted by atomic mass is 10.1. The van der Waals surface area contributed by atoms with Gasteiger partial charge in [0, 0.05) is 36.8 Å². The van der Waals surface area contributed by atoms with Crippen LogP contribution in [0.15, 0.2) is 29.4 Å². The van der Waals surface area contributed by atoms with Crippen LogP contribution >= 0.6 is 23.4 Å². The Labute approximate surface area is 192 Å². The molecule has 10 heteroatoms. The summed E-state index contributed by atoms with van der Waals surface area (Å²) in [4.78, 5) is 27.9. The van der Waals surface area contributed by atoms with Crippen LogP contribution in [0, 0.1) is 0 Å². The first kappa shape index (κ1) is 23.6. The van der Waals surface area contributed by atoms with Gasteiger partial charge in [0.1, 0.15) is 0 Å². The third kappa shape index (κ3) is 5.99. The normalized spacial score (nSPS) is 15.9. The van der Waals surface area contributed by atoms with Gasteiger partial charge < -0.3 is 10.2 Å². The summed E-state index contributed by atoms with van der Waals surface area (Å²) in [6.45, 7) is 5.01. The molecule has 1 atom stereocenters. The molecule has 0 radical (unpaired) electrons. The predicted molar refractivity (Wildman–Crippen MR) is 123 cm³/mol. The molecule has 0 bridgehead atoms. The second-order valence-electron chi connectivity index (χ2n) is 7.93. The lowest BCUT2D eigenvalue weighted by Gasteiger charge is -2.31. The summed E-state index contributed by atoms with van der Waals surface area (Å²) >= 11 is 7.42. The number of piperidine rings is 1. The highest BCUT2D eigenvalue weighted by Gasteiger charge is 2.24. The SMILES string of the molecule is CC(=O)N1CCC(NC(=O)CSc2nnc(C(C)N(C)C)n2-c2ccc(Cl)cc2)CC1. The van der Waals surface area contributed by atoms with Crippen molar-refractivity contribution in [3.8, 4) is 5.69 Å². The number of benzene rings is 1. The van der Waals surface area contributed by atoms with E-state index in [2.05, 4.69) is 27.3 Å². The first-order valence-corrected chi connectivity index (χ1v) is 11.7. The molecule has 0 aliphatic carbocycles. The van der Waals surface area contributed by atoms with E-state index in [9.17, 15) is 9.59 Å². The van der Waals surface area contributed by atoms with Gasteiger partial charge in [0.15, 0.2) is 11.0 Å². The predicted octanol–water partition coefficient (Wildman–Crippen LogP) is 2.76. The molecule has 1 unspecified atom stereocenters. The van der Waals surface area contributed by atoms with Crippen molar-refractivity contribution < 1.29 is 9.59 Å². The number of hydrogen-bond acceptors (Lipinski definition) is 6. The van der Waals surface area contributed by atoms with E-state index < -0.39 is 0 Å². The molecule has 1 N–H and O–H groups in total. The van der Waals surface area contributed by atoms with Crippen molar-refractivity contribution in [1.29, 1.82) is 0 Å². The van der Waals surface area contributed by atoms with E-state index in [1.54, 1.807) is 6.92 Å². The topological polar surface area (TPSA) is 83.4 Å². The maximum atomic E-state index is 12.5. The molecule has 1 aliphatic rings. The molecule has 2 amide bonds. The van der Waals surface area contributed by atoms with E-state index in [1.165, 1.54) is 11.8 Å². The molecule has 2 heterocycles. The van der Waals surface area contributed by atoms with Gasteiger partial charge >= 0.3 is 0 Å². The largest absolute Gasteiger partial charge is 0.353 e. The number of carbonyl (C=O) groups is 2. The number of hydrogen-bond donors (Lipinski definition) is 1. The zero-order chi connectivity index (χ0) is 22.5. The highest BCUT2D eigenvalue weighted by molar-refractivity contribution is 7.99. The minimum Gasteiger partial charge on any atom is -0.353 e. The van der Waals surface area contributed by atoms with Crippen molar-refractivity contribution in [2.45, 2.75) is 43.9 Å². The second-order valence-corrected chi connectivity index (χ2v) is 9.31. The van der Waals surface area contributed by atoms with E-state index in [4.69, 9.17) is 11.6 Å². The smallest absolute Gasteiger partial charge is 0.230 e. The van der Waals surface area contributed by atoms with Gasteiger partial charge in [-0.05, 0) is 58.1 Å². The standard InChI is InChI=1S/C21H29ClN6O2S/c1-14(26(3)4)20-24-25-21(28(20)18-7-5-16(22)6-8-18)31-13-19(30)23-17-9-11-27(12-10-17)15(2)29/h5-8,14,17H,9-13H2,1-4H3,(H,23,30). The Morgan fingerprint density at radius 3 is 2.45 bits per heavy atom. The quantitative estimate of drug-likeness (QED) is 0.634. The molecule has 1 aromatic heterocycles. The van der Waals surface area contributed by atoms with Crippen LogP contribution in [0.1, 0.15) is 38.6 Å². The first-order valence-electron chi connectivity index (χ1n) is 10.3. The number of amides is 2. The summed E-state index contributed by atoms with van der Waals surface area (Å²) in [7, 11) is 3.98. The van der Waals surface area contributed by atoms with Crippen molar-refractivity contribution >= 4 is 35.2 Å². The summed E-state index contributed by atoms with van der Waals surface area (Å²) in [6.07, 6.45) is 1.56. The fraction of sp³-hybridized carbons (Fsp3) is 0.524. The number of aromatic nitrogens is 3. The summed E-state index contributed by atoms with van der Waals surface area (Å²) in [6, 6.07) is 7.64. The fourth-order valence-corrected chi connectivity index (χ4v) is 4.34. The molecule has 3 rings (SSSR count). The zero-order valence-corrected chi connectivity index (χ0v) is 19.9. The van der Waals surface area contributed by atoms with Gasteiger partial charge in [-0.15, -0.1) is 10.2 Å². The summed E-state index contributed by atoms with van der Waals surface area (Å²) in [5.74, 6) is 1.09. The molecule has 8 nitrogen and oxygen atoms in total. The van der Waals surface area contributed by atoms with Crippen molar-refractivity contribution in [3.63, 3.8) is 0 Å². The Morgan fingerprint density at radius 2 is 1.87 bits per heavy atom. The summed E-state index contributed by atoms with van der Waals surface area (Å²) in [5.41, 5.74) is 0.901. The van der Waals surface area contributed by atoms with Crippen molar-refractivity contribution in [1.82, 2.24) is 29.9 Å². The van der Waals surface area contributed by atoms with E-state index >= 15 is 0 Å². The monoisotopic (exact) mass is 464 g/mol. The Kier molecular flexibility index (Phi) is 7.96. The maximum absolute atomic E-state index is 12.5. The van der Waals surface area contributed by atoms with Crippen LogP contribution in [0.5, 0.6) is 0 Å². The number of nitrogens with one attached hydrogen (secondary N) is 1. The van der Waals surface area contributed by atoms with E-state index in [0.29, 0.717) is 23.3 Å². The van der Waals surface area contributed by atoms with Gasteiger partial charge in [-0.25, -0.2) is 0 Å². The van der Waals surface area contributed by atoms with Crippen molar-refractivity contribution in [2.24, 2.45) is 0 Å². The van der Waals surface area contributed by atoms with Crippen LogP contribution < -0.4 is 5.32 Å². The number of halogens is 1. The molecule has 0 spiro atoms. The lowest BCUT2D eigenvalue weighted by molar-refractivity contribution is -0.130. The average molecular weight is 465 g/mol. The third-order valence-electron chi connectivity index (χ3n) is 5.53. The highest BCUT2D eigenvalue weighted by atomic mass is 35.5. The molecular weight excluding hydrogens is 436 g/mol. The number of rotatable bonds is 7. The van der Waals surface area contributed by atoms with Gasteiger partial charge in [-0.1, -0.05) is 23.4 Å². The molecule has 168 valence electrons. The van der Waals surface area contributed by atoms with Crippen LogP contribution in [0.25, 0.3) is 5.69 Å². The van der Waals surface area contributed by atoms with E-state index in [0.717, 1.165) is 24.4 Å². The van der Waals surface area contributed by atoms with Crippen molar-refractivity contribution in [3.05, 3.63) is 35.1 Å². The molecule has 1 aliphatic heterocycles. The Hall–Kier alpha value is -2.10. The molecule has 0 saturated carbocycles. The lowest BCUT2D eigenvalue weighted by Crippen LogP contribution is -2.46. The van der Waals surface area contributed by atoms with E-state index in [1.807, 2.05) is 47.8 Å². The Bertz CT molecular complexity index is 909. The molecule has 1 saturated heterocycles. The first-order chi connectivity index (χ1) is 14.8. The van der Waals surface area contributed by atoms with Crippen LogP contribution in [-0.2, 0) is 9.59 Å². The molecule has 1 fully saturated rings. The fourth-order valence-electron chi connectivity index (χ4n) is 3.45. The van der Waals surface area contributed by atoms with Crippen LogP contribution in [0.3, 0.4) is 0 Å². The number of carbonyl (C=O) groups excluding carboxylic acids is 2. The van der Waals surface area contributed by atoms with Crippen LogP contribution in [0.2, 0.25) is 5.02 Å². The molecule has 2 aromatic rings. The number of nitrogens with zero attached hydrogens (tertiary/aromatic N) is 5. The van der Waals surface area contributed by atoms with Gasteiger partial charge in [-0.2, -0.15) is 0 Å². The maximum Gasteiger partial charge on any atom is 0.230 e. The summed E-state index contributed by atoms with van der Waals surface area (Å²) < 4.78 is 1.98. The van der Waals surface area contributed by atoms with E-state index in [-0.39, 0.29) is 29.7 Å². The number of likely N-dealkylation sites (tertiary alicyclic amines) is 1. The average Bonchev–Trinajstić information content (AvgIpc) is 3.16. The van der Waals surface area contributed by atoms with Gasteiger partial charge in [0.25, 0.3) is 0 Å². The third-order valence-corrected chi connectivity index (χ3v) is 6.71. The minimum atomic E-state index is -0.0425.